The molecule has 0 radical (unpaired) electrons. The lowest BCUT2D eigenvalue weighted by Crippen LogP contribution is -2.49. The van der Waals surface area contributed by atoms with Crippen molar-refractivity contribution in [2.75, 3.05) is 36.4 Å². The molecule has 3 aromatic rings. The number of nitrogens with zero attached hydrogens (tertiary/aromatic N) is 2. The van der Waals surface area contributed by atoms with E-state index in [4.69, 9.17) is 11.6 Å². The molecule has 0 spiro atoms. The molecule has 4 rings (SSSR count). The van der Waals surface area contributed by atoms with Crippen LogP contribution in [-0.2, 0) is 0 Å². The van der Waals surface area contributed by atoms with Crippen molar-refractivity contribution >= 4 is 50.7 Å². The summed E-state index contributed by atoms with van der Waals surface area (Å²) in [5, 5.41) is 3.64. The van der Waals surface area contributed by atoms with E-state index in [0.717, 1.165) is 15.8 Å². The van der Waals surface area contributed by atoms with Crippen molar-refractivity contribution in [2.45, 2.75) is 0 Å². The third-order valence-electron chi connectivity index (χ3n) is 5.24. The van der Waals surface area contributed by atoms with Crippen molar-refractivity contribution in [2.24, 2.45) is 0 Å². The number of amides is 2. The summed E-state index contributed by atoms with van der Waals surface area (Å²) in [5.41, 5.74) is 2.93. The maximum atomic E-state index is 12.8. The summed E-state index contributed by atoms with van der Waals surface area (Å²) in [4.78, 5) is 29.5. The molecule has 2 amide bonds. The lowest BCUT2D eigenvalue weighted by molar-refractivity contribution is 0.0746. The molecule has 1 saturated heterocycles. The van der Waals surface area contributed by atoms with Gasteiger partial charge < -0.3 is 15.1 Å². The number of nitrogens with one attached hydrogen (secondary N) is 1. The summed E-state index contributed by atoms with van der Waals surface area (Å²) < 4.78 is 0.856. The van der Waals surface area contributed by atoms with Gasteiger partial charge in [0.1, 0.15) is 0 Å². The first-order valence-electron chi connectivity index (χ1n) is 9.97. The first-order chi connectivity index (χ1) is 15.0. The molecule has 7 heteroatoms. The Morgan fingerprint density at radius 3 is 2.26 bits per heavy atom. The molecule has 0 atom stereocenters. The SMILES string of the molecule is O=C(Nc1ccccc1N1CCN(C(=O)c2ccc(Cl)cc2)CC1)c1cccc(Br)c1. The molecule has 3 aromatic carbocycles. The second kappa shape index (κ2) is 9.54. The third-order valence-corrected chi connectivity index (χ3v) is 5.98. The van der Waals surface area contributed by atoms with Gasteiger partial charge in [0, 0.05) is 46.8 Å². The average molecular weight is 499 g/mol. The Morgan fingerprint density at radius 1 is 0.839 bits per heavy atom. The Bertz CT molecular complexity index is 1100. The predicted molar refractivity (Wildman–Crippen MR) is 128 cm³/mol. The number of hydrogen-bond donors (Lipinski definition) is 1. The number of carbonyl (C=O) groups excluding carboxylic acids is 2. The van der Waals surface area contributed by atoms with Crippen LogP contribution in [0.4, 0.5) is 11.4 Å². The average Bonchev–Trinajstić information content (AvgIpc) is 2.80. The van der Waals surface area contributed by atoms with E-state index in [2.05, 4.69) is 26.1 Å². The highest BCUT2D eigenvalue weighted by Crippen LogP contribution is 2.28. The number of anilines is 2. The van der Waals surface area contributed by atoms with E-state index in [1.54, 1.807) is 36.4 Å². The van der Waals surface area contributed by atoms with Crippen LogP contribution in [0.5, 0.6) is 0 Å². The minimum atomic E-state index is -0.162. The molecule has 1 aliphatic rings. The summed E-state index contributed by atoms with van der Waals surface area (Å²) in [5.74, 6) is -0.155. The first-order valence-corrected chi connectivity index (χ1v) is 11.1. The van der Waals surface area contributed by atoms with Gasteiger partial charge in [0.05, 0.1) is 11.4 Å². The lowest BCUT2D eigenvalue weighted by atomic mass is 10.1. The lowest BCUT2D eigenvalue weighted by Gasteiger charge is -2.37. The molecule has 5 nitrogen and oxygen atoms in total. The van der Waals surface area contributed by atoms with Crippen LogP contribution in [-0.4, -0.2) is 42.9 Å². The zero-order valence-electron chi connectivity index (χ0n) is 16.7. The second-order valence-corrected chi connectivity index (χ2v) is 8.62. The Balaban J connectivity index is 1.44. The maximum Gasteiger partial charge on any atom is 0.255 e. The quantitative estimate of drug-likeness (QED) is 0.530. The van der Waals surface area contributed by atoms with Crippen molar-refractivity contribution < 1.29 is 9.59 Å². The number of para-hydroxylation sites is 2. The van der Waals surface area contributed by atoms with Crippen molar-refractivity contribution in [3.63, 3.8) is 0 Å². The maximum absolute atomic E-state index is 12.8. The van der Waals surface area contributed by atoms with Crippen LogP contribution >= 0.6 is 27.5 Å². The molecule has 1 fully saturated rings. The van der Waals surface area contributed by atoms with Gasteiger partial charge >= 0.3 is 0 Å². The molecule has 1 aliphatic heterocycles. The van der Waals surface area contributed by atoms with Gasteiger partial charge in [0.15, 0.2) is 0 Å². The van der Waals surface area contributed by atoms with E-state index >= 15 is 0 Å². The smallest absolute Gasteiger partial charge is 0.255 e. The monoisotopic (exact) mass is 497 g/mol. The molecule has 1 heterocycles. The first kappa shape index (κ1) is 21.4. The summed E-state index contributed by atoms with van der Waals surface area (Å²) >= 11 is 9.33. The summed E-state index contributed by atoms with van der Waals surface area (Å²) in [7, 11) is 0. The van der Waals surface area contributed by atoms with Gasteiger partial charge in [-0.1, -0.05) is 45.7 Å². The van der Waals surface area contributed by atoms with Gasteiger partial charge in [0.25, 0.3) is 11.8 Å². The fourth-order valence-corrected chi connectivity index (χ4v) is 4.13. The van der Waals surface area contributed by atoms with Gasteiger partial charge in [-0.05, 0) is 54.6 Å². The number of benzene rings is 3. The standard InChI is InChI=1S/C24H21BrClN3O2/c25-19-5-3-4-18(16-19)23(30)27-21-6-1-2-7-22(21)28-12-14-29(15-13-28)24(31)17-8-10-20(26)11-9-17/h1-11,16H,12-15H2,(H,27,30). The fraction of sp³-hybridized carbons (Fsp3) is 0.167. The Labute approximate surface area is 194 Å². The fourth-order valence-electron chi connectivity index (χ4n) is 3.60. The van der Waals surface area contributed by atoms with E-state index in [1.165, 1.54) is 0 Å². The van der Waals surface area contributed by atoms with Crippen molar-refractivity contribution in [3.05, 3.63) is 93.4 Å². The van der Waals surface area contributed by atoms with Crippen molar-refractivity contribution in [3.8, 4) is 0 Å². The molecule has 31 heavy (non-hydrogen) atoms. The largest absolute Gasteiger partial charge is 0.366 e. The van der Waals surface area contributed by atoms with E-state index in [0.29, 0.717) is 42.3 Å². The Kier molecular flexibility index (Phi) is 6.59. The van der Waals surface area contributed by atoms with Crippen molar-refractivity contribution in [1.82, 2.24) is 4.90 Å². The van der Waals surface area contributed by atoms with E-state index in [-0.39, 0.29) is 11.8 Å². The van der Waals surface area contributed by atoms with Gasteiger partial charge in [-0.3, -0.25) is 9.59 Å². The molecule has 0 bridgehead atoms. The summed E-state index contributed by atoms with van der Waals surface area (Å²) in [6.45, 7) is 2.58. The Hall–Kier alpha value is -2.83. The Morgan fingerprint density at radius 2 is 1.55 bits per heavy atom. The number of piperazine rings is 1. The van der Waals surface area contributed by atoms with Crippen LogP contribution in [0.15, 0.2) is 77.3 Å². The zero-order valence-corrected chi connectivity index (χ0v) is 19.1. The van der Waals surface area contributed by atoms with E-state index < -0.39 is 0 Å². The van der Waals surface area contributed by atoms with Crippen LogP contribution in [0.3, 0.4) is 0 Å². The number of hydrogen-bond acceptors (Lipinski definition) is 3. The molecule has 0 aliphatic carbocycles. The van der Waals surface area contributed by atoms with Gasteiger partial charge in [-0.15, -0.1) is 0 Å². The third kappa shape index (κ3) is 5.09. The van der Waals surface area contributed by atoms with Crippen LogP contribution in [0, 0.1) is 0 Å². The topological polar surface area (TPSA) is 52.7 Å². The zero-order chi connectivity index (χ0) is 21.8. The highest BCUT2D eigenvalue weighted by Gasteiger charge is 2.24. The second-order valence-electron chi connectivity index (χ2n) is 7.27. The number of halogens is 2. The van der Waals surface area contributed by atoms with Gasteiger partial charge in [-0.2, -0.15) is 0 Å². The van der Waals surface area contributed by atoms with E-state index in [9.17, 15) is 9.59 Å². The molecule has 158 valence electrons. The molecule has 0 unspecified atom stereocenters. The number of rotatable bonds is 4. The molecule has 0 saturated carbocycles. The van der Waals surface area contributed by atoms with E-state index in [1.807, 2.05) is 41.3 Å². The molecule has 1 N–H and O–H groups in total. The number of carbonyl (C=O) groups is 2. The van der Waals surface area contributed by atoms with Crippen LogP contribution in [0.2, 0.25) is 5.02 Å². The minimum Gasteiger partial charge on any atom is -0.366 e. The highest BCUT2D eigenvalue weighted by atomic mass is 79.9. The highest BCUT2D eigenvalue weighted by molar-refractivity contribution is 9.10. The summed E-state index contributed by atoms with van der Waals surface area (Å²) in [6, 6.07) is 22.0. The molecular formula is C24H21BrClN3O2. The van der Waals surface area contributed by atoms with Crippen LogP contribution in [0.1, 0.15) is 20.7 Å². The summed E-state index contributed by atoms with van der Waals surface area (Å²) in [6.07, 6.45) is 0. The van der Waals surface area contributed by atoms with Gasteiger partial charge in [0.2, 0.25) is 0 Å². The molecular weight excluding hydrogens is 478 g/mol. The van der Waals surface area contributed by atoms with Crippen molar-refractivity contribution in [1.29, 1.82) is 0 Å². The minimum absolute atomic E-state index is 0.00700. The molecule has 0 aromatic heterocycles. The van der Waals surface area contributed by atoms with Crippen LogP contribution < -0.4 is 10.2 Å². The predicted octanol–water partition coefficient (Wildman–Crippen LogP) is 5.32. The normalized spacial score (nSPS) is 13.7. The van der Waals surface area contributed by atoms with Crippen LogP contribution in [0.25, 0.3) is 0 Å². The van der Waals surface area contributed by atoms with Gasteiger partial charge in [-0.25, -0.2) is 0 Å².